The van der Waals surface area contributed by atoms with E-state index >= 15 is 0 Å². The van der Waals surface area contributed by atoms with Crippen molar-refractivity contribution < 1.29 is 9.53 Å². The quantitative estimate of drug-likeness (QED) is 0.687. The fourth-order valence-corrected chi connectivity index (χ4v) is 1.71. The highest BCUT2D eigenvalue weighted by Gasteiger charge is 2.18. The molecule has 1 rings (SSSR count). The number of ether oxygens (including phenoxy) is 1. The van der Waals surface area contributed by atoms with E-state index in [4.69, 9.17) is 4.74 Å². The molecular formula is C11H21NO2. The van der Waals surface area contributed by atoms with Crippen molar-refractivity contribution in [3.63, 3.8) is 0 Å². The molecule has 0 atom stereocenters. The zero-order valence-electron chi connectivity index (χ0n) is 9.21. The van der Waals surface area contributed by atoms with Gasteiger partial charge in [-0.05, 0) is 25.7 Å². The highest BCUT2D eigenvalue weighted by atomic mass is 16.5. The number of hydrogen-bond donors (Lipinski definition) is 1. The third kappa shape index (κ3) is 4.61. The highest BCUT2D eigenvalue weighted by molar-refractivity contribution is 5.69. The van der Waals surface area contributed by atoms with Gasteiger partial charge in [-0.15, -0.1) is 0 Å². The first kappa shape index (κ1) is 11.5. The third-order valence-corrected chi connectivity index (χ3v) is 2.48. The minimum absolute atomic E-state index is 0.0509. The fourth-order valence-electron chi connectivity index (χ4n) is 1.71. The van der Waals surface area contributed by atoms with E-state index in [0.29, 0.717) is 12.5 Å². The van der Waals surface area contributed by atoms with Gasteiger partial charge in [0, 0.05) is 12.6 Å². The molecule has 0 aliphatic heterocycles. The second-order valence-electron chi connectivity index (χ2n) is 4.26. The first-order valence-electron chi connectivity index (χ1n) is 5.61. The Morgan fingerprint density at radius 2 is 2.07 bits per heavy atom. The van der Waals surface area contributed by atoms with Crippen molar-refractivity contribution in [3.8, 4) is 0 Å². The van der Waals surface area contributed by atoms with Gasteiger partial charge in [-0.25, -0.2) is 0 Å². The average molecular weight is 199 g/mol. The molecule has 1 saturated carbocycles. The molecule has 1 aliphatic rings. The van der Waals surface area contributed by atoms with E-state index in [1.54, 1.807) is 0 Å². The van der Waals surface area contributed by atoms with Crippen LogP contribution >= 0.6 is 0 Å². The van der Waals surface area contributed by atoms with Crippen LogP contribution in [0, 0.1) is 0 Å². The van der Waals surface area contributed by atoms with Crippen molar-refractivity contribution >= 4 is 5.97 Å². The summed E-state index contributed by atoms with van der Waals surface area (Å²) in [6, 6.07) is 0.439. The Morgan fingerprint density at radius 3 is 2.64 bits per heavy atom. The summed E-state index contributed by atoms with van der Waals surface area (Å²) in [4.78, 5) is 11.3. The molecule has 1 aliphatic carbocycles. The van der Waals surface area contributed by atoms with Crippen LogP contribution in [0.1, 0.15) is 46.0 Å². The lowest BCUT2D eigenvalue weighted by Crippen LogP contribution is -2.26. The number of carbonyl (C=O) groups excluding carboxylic acids is 1. The molecule has 0 aromatic carbocycles. The SMILES string of the molecule is CC(C)NCCC(=O)OC1CCCC1. The molecule has 82 valence electrons. The number of esters is 1. The van der Waals surface area contributed by atoms with Crippen molar-refractivity contribution in [2.24, 2.45) is 0 Å². The maximum atomic E-state index is 11.3. The monoisotopic (exact) mass is 199 g/mol. The zero-order chi connectivity index (χ0) is 10.4. The largest absolute Gasteiger partial charge is 0.462 e. The molecular weight excluding hydrogens is 178 g/mol. The minimum Gasteiger partial charge on any atom is -0.462 e. The summed E-state index contributed by atoms with van der Waals surface area (Å²) in [7, 11) is 0. The molecule has 1 fully saturated rings. The highest BCUT2D eigenvalue weighted by Crippen LogP contribution is 2.21. The van der Waals surface area contributed by atoms with E-state index in [9.17, 15) is 4.79 Å². The van der Waals surface area contributed by atoms with Gasteiger partial charge < -0.3 is 10.1 Å². The normalized spacial score (nSPS) is 17.6. The molecule has 0 aromatic rings. The standard InChI is InChI=1S/C11H21NO2/c1-9(2)12-8-7-11(13)14-10-5-3-4-6-10/h9-10,12H,3-8H2,1-2H3. The molecule has 0 spiro atoms. The van der Waals surface area contributed by atoms with E-state index in [2.05, 4.69) is 19.2 Å². The Morgan fingerprint density at radius 1 is 1.43 bits per heavy atom. The van der Waals surface area contributed by atoms with E-state index in [1.807, 2.05) is 0 Å². The van der Waals surface area contributed by atoms with Gasteiger partial charge in [0.25, 0.3) is 0 Å². The first-order chi connectivity index (χ1) is 6.68. The third-order valence-electron chi connectivity index (χ3n) is 2.48. The molecule has 1 N–H and O–H groups in total. The van der Waals surface area contributed by atoms with E-state index in [1.165, 1.54) is 12.8 Å². The number of hydrogen-bond acceptors (Lipinski definition) is 3. The minimum atomic E-state index is -0.0509. The van der Waals surface area contributed by atoms with Crippen LogP contribution in [0.3, 0.4) is 0 Å². The van der Waals surface area contributed by atoms with Crippen LogP contribution < -0.4 is 5.32 Å². The Labute approximate surface area is 86.2 Å². The van der Waals surface area contributed by atoms with Gasteiger partial charge in [-0.1, -0.05) is 13.8 Å². The van der Waals surface area contributed by atoms with Crippen LogP contribution in [0.4, 0.5) is 0 Å². The predicted octanol–water partition coefficient (Wildman–Crippen LogP) is 1.86. The lowest BCUT2D eigenvalue weighted by atomic mass is 10.3. The fraction of sp³-hybridized carbons (Fsp3) is 0.909. The van der Waals surface area contributed by atoms with E-state index in [0.717, 1.165) is 19.4 Å². The van der Waals surface area contributed by atoms with Crippen molar-refractivity contribution in [2.75, 3.05) is 6.54 Å². The van der Waals surface area contributed by atoms with E-state index in [-0.39, 0.29) is 12.1 Å². The number of carbonyl (C=O) groups is 1. The van der Waals surface area contributed by atoms with Gasteiger partial charge in [-0.2, -0.15) is 0 Å². The summed E-state index contributed by atoms with van der Waals surface area (Å²) < 4.78 is 5.31. The number of rotatable bonds is 5. The van der Waals surface area contributed by atoms with Crippen LogP contribution in [0.2, 0.25) is 0 Å². The smallest absolute Gasteiger partial charge is 0.307 e. The Balaban J connectivity index is 2.03. The Kier molecular flexibility index (Phi) is 4.94. The molecule has 3 heteroatoms. The number of nitrogens with one attached hydrogen (secondary N) is 1. The molecule has 0 saturated heterocycles. The predicted molar refractivity (Wildman–Crippen MR) is 56.1 cm³/mol. The van der Waals surface area contributed by atoms with Gasteiger partial charge in [0.05, 0.1) is 6.42 Å². The van der Waals surface area contributed by atoms with Gasteiger partial charge >= 0.3 is 5.97 Å². The van der Waals surface area contributed by atoms with E-state index < -0.39 is 0 Å². The van der Waals surface area contributed by atoms with Crippen LogP contribution in [0.15, 0.2) is 0 Å². The molecule has 0 unspecified atom stereocenters. The molecule has 14 heavy (non-hydrogen) atoms. The second kappa shape index (κ2) is 6.02. The molecule has 0 radical (unpaired) electrons. The van der Waals surface area contributed by atoms with Crippen molar-refractivity contribution in [3.05, 3.63) is 0 Å². The van der Waals surface area contributed by atoms with Crippen LogP contribution in [-0.2, 0) is 9.53 Å². The Hall–Kier alpha value is -0.570. The summed E-state index contributed by atoms with van der Waals surface area (Å²) >= 11 is 0. The molecule has 0 aromatic heterocycles. The van der Waals surface area contributed by atoms with Gasteiger partial charge in [0.15, 0.2) is 0 Å². The molecule has 0 heterocycles. The van der Waals surface area contributed by atoms with Crippen LogP contribution in [0.5, 0.6) is 0 Å². The topological polar surface area (TPSA) is 38.3 Å². The van der Waals surface area contributed by atoms with Gasteiger partial charge in [0.2, 0.25) is 0 Å². The maximum Gasteiger partial charge on any atom is 0.307 e. The first-order valence-corrected chi connectivity index (χ1v) is 5.61. The van der Waals surface area contributed by atoms with Crippen molar-refractivity contribution in [1.29, 1.82) is 0 Å². The lowest BCUT2D eigenvalue weighted by molar-refractivity contribution is -0.148. The summed E-state index contributed by atoms with van der Waals surface area (Å²) in [6.07, 6.45) is 5.24. The summed E-state index contributed by atoms with van der Waals surface area (Å²) in [5, 5.41) is 3.20. The summed E-state index contributed by atoms with van der Waals surface area (Å²) in [5.41, 5.74) is 0. The van der Waals surface area contributed by atoms with Crippen molar-refractivity contribution in [1.82, 2.24) is 5.32 Å². The second-order valence-corrected chi connectivity index (χ2v) is 4.26. The van der Waals surface area contributed by atoms with Gasteiger partial charge in [-0.3, -0.25) is 4.79 Å². The molecule has 0 amide bonds. The Bertz CT molecular complexity index is 174. The van der Waals surface area contributed by atoms with Crippen LogP contribution in [0.25, 0.3) is 0 Å². The summed E-state index contributed by atoms with van der Waals surface area (Å²) in [6.45, 7) is 4.87. The zero-order valence-corrected chi connectivity index (χ0v) is 9.21. The molecule has 3 nitrogen and oxygen atoms in total. The average Bonchev–Trinajstić information content (AvgIpc) is 2.56. The summed E-state index contributed by atoms with van der Waals surface area (Å²) in [5.74, 6) is -0.0509. The van der Waals surface area contributed by atoms with Crippen molar-refractivity contribution in [2.45, 2.75) is 58.1 Å². The molecule has 0 bridgehead atoms. The van der Waals surface area contributed by atoms with Gasteiger partial charge in [0.1, 0.15) is 6.10 Å². The maximum absolute atomic E-state index is 11.3. The van der Waals surface area contributed by atoms with Crippen LogP contribution in [-0.4, -0.2) is 24.7 Å². The lowest BCUT2D eigenvalue weighted by Gasteiger charge is -2.12.